The second-order valence-electron chi connectivity index (χ2n) is 5.10. The number of methoxy groups -OCH3 is 2. The van der Waals surface area contributed by atoms with Gasteiger partial charge in [-0.05, 0) is 26.0 Å². The normalized spacial score (nSPS) is 22.8. The first-order chi connectivity index (χ1) is 9.58. The number of likely N-dealkylation sites (tertiary alicyclic amines) is 1. The van der Waals surface area contributed by atoms with Crippen molar-refractivity contribution >= 4 is 5.97 Å². The van der Waals surface area contributed by atoms with Crippen molar-refractivity contribution in [2.75, 3.05) is 20.8 Å². The molecule has 110 valence electrons. The molecule has 2 rings (SSSR count). The minimum atomic E-state index is -0.711. The van der Waals surface area contributed by atoms with Crippen LogP contribution in [0, 0.1) is 5.92 Å². The lowest BCUT2D eigenvalue weighted by molar-refractivity contribution is -0.142. The van der Waals surface area contributed by atoms with Gasteiger partial charge in [0.05, 0.1) is 20.1 Å². The van der Waals surface area contributed by atoms with Crippen LogP contribution < -0.4 is 9.47 Å². The van der Waals surface area contributed by atoms with E-state index in [-0.39, 0.29) is 12.0 Å². The molecule has 5 nitrogen and oxygen atoms in total. The number of ether oxygens (including phenoxy) is 2. The van der Waals surface area contributed by atoms with E-state index in [1.165, 1.54) is 0 Å². The van der Waals surface area contributed by atoms with Gasteiger partial charge in [0.2, 0.25) is 0 Å². The fourth-order valence-electron chi connectivity index (χ4n) is 2.85. The highest BCUT2D eigenvalue weighted by Crippen LogP contribution is 2.34. The molecule has 0 bridgehead atoms. The molecule has 1 aliphatic rings. The molecule has 1 saturated heterocycles. The van der Waals surface area contributed by atoms with Crippen LogP contribution in [-0.4, -0.2) is 42.8 Å². The zero-order valence-electron chi connectivity index (χ0n) is 12.1. The SMILES string of the molecule is COc1cccc(CN2CCC(C(=O)O)C2C)c1OC. The summed E-state index contributed by atoms with van der Waals surface area (Å²) in [6.45, 7) is 3.43. The van der Waals surface area contributed by atoms with Gasteiger partial charge in [0.25, 0.3) is 0 Å². The molecule has 0 aliphatic carbocycles. The Kier molecular flexibility index (Phi) is 4.49. The summed E-state index contributed by atoms with van der Waals surface area (Å²) in [6.07, 6.45) is 0.697. The molecule has 1 aliphatic heterocycles. The molecular formula is C15H21NO4. The average Bonchev–Trinajstić information content (AvgIpc) is 2.80. The molecule has 1 aromatic rings. The maximum atomic E-state index is 11.2. The van der Waals surface area contributed by atoms with E-state index in [0.29, 0.717) is 18.7 Å². The maximum Gasteiger partial charge on any atom is 0.308 e. The molecule has 1 heterocycles. The van der Waals surface area contributed by atoms with Gasteiger partial charge in [-0.2, -0.15) is 0 Å². The first kappa shape index (κ1) is 14.7. The summed E-state index contributed by atoms with van der Waals surface area (Å²) < 4.78 is 10.7. The van der Waals surface area contributed by atoms with E-state index in [0.717, 1.165) is 17.9 Å². The monoisotopic (exact) mass is 279 g/mol. The summed E-state index contributed by atoms with van der Waals surface area (Å²) in [4.78, 5) is 13.3. The first-order valence-corrected chi connectivity index (χ1v) is 6.75. The van der Waals surface area contributed by atoms with Crippen molar-refractivity contribution in [3.8, 4) is 11.5 Å². The topological polar surface area (TPSA) is 59.0 Å². The van der Waals surface area contributed by atoms with Gasteiger partial charge in [-0.15, -0.1) is 0 Å². The summed E-state index contributed by atoms with van der Waals surface area (Å²) in [5.74, 6) is 0.428. The number of rotatable bonds is 5. The molecule has 1 fully saturated rings. The zero-order valence-corrected chi connectivity index (χ0v) is 12.1. The van der Waals surface area contributed by atoms with Crippen molar-refractivity contribution in [1.82, 2.24) is 4.90 Å². The molecule has 2 atom stereocenters. The van der Waals surface area contributed by atoms with Crippen LogP contribution in [0.4, 0.5) is 0 Å². The van der Waals surface area contributed by atoms with Gasteiger partial charge in [-0.25, -0.2) is 0 Å². The molecule has 0 aromatic heterocycles. The summed E-state index contributed by atoms with van der Waals surface area (Å²) in [6, 6.07) is 5.80. The quantitative estimate of drug-likeness (QED) is 0.893. The molecular weight excluding hydrogens is 258 g/mol. The predicted molar refractivity (Wildman–Crippen MR) is 75.2 cm³/mol. The molecule has 0 spiro atoms. The van der Waals surface area contributed by atoms with Crippen molar-refractivity contribution in [1.29, 1.82) is 0 Å². The second kappa shape index (κ2) is 6.13. The molecule has 1 N–H and O–H groups in total. The van der Waals surface area contributed by atoms with Gasteiger partial charge in [-0.3, -0.25) is 9.69 Å². The van der Waals surface area contributed by atoms with Crippen LogP contribution in [0.15, 0.2) is 18.2 Å². The zero-order chi connectivity index (χ0) is 14.7. The lowest BCUT2D eigenvalue weighted by Gasteiger charge is -2.24. The highest BCUT2D eigenvalue weighted by atomic mass is 16.5. The summed E-state index contributed by atoms with van der Waals surface area (Å²) in [7, 11) is 3.23. The number of hydrogen-bond donors (Lipinski definition) is 1. The number of carbonyl (C=O) groups is 1. The lowest BCUT2D eigenvalue weighted by Crippen LogP contribution is -2.32. The fraction of sp³-hybridized carbons (Fsp3) is 0.533. The van der Waals surface area contributed by atoms with Crippen molar-refractivity contribution in [3.63, 3.8) is 0 Å². The molecule has 0 saturated carbocycles. The first-order valence-electron chi connectivity index (χ1n) is 6.75. The Hall–Kier alpha value is -1.75. The van der Waals surface area contributed by atoms with Crippen LogP contribution in [0.1, 0.15) is 18.9 Å². The molecule has 2 unspecified atom stereocenters. The van der Waals surface area contributed by atoms with Crippen LogP contribution in [0.5, 0.6) is 11.5 Å². The standard InChI is InChI=1S/C15H21NO4/c1-10-12(15(17)18)7-8-16(10)9-11-5-4-6-13(19-2)14(11)20-3/h4-6,10,12H,7-9H2,1-3H3,(H,17,18). The highest BCUT2D eigenvalue weighted by molar-refractivity contribution is 5.71. The minimum Gasteiger partial charge on any atom is -0.493 e. The lowest BCUT2D eigenvalue weighted by atomic mass is 10.0. The smallest absolute Gasteiger partial charge is 0.308 e. The van der Waals surface area contributed by atoms with E-state index in [4.69, 9.17) is 9.47 Å². The van der Waals surface area contributed by atoms with E-state index < -0.39 is 5.97 Å². The third-order valence-corrected chi connectivity index (χ3v) is 4.06. The highest BCUT2D eigenvalue weighted by Gasteiger charge is 2.35. The summed E-state index contributed by atoms with van der Waals surface area (Å²) in [5.41, 5.74) is 1.02. The maximum absolute atomic E-state index is 11.2. The van der Waals surface area contributed by atoms with Crippen LogP contribution in [0.2, 0.25) is 0 Å². The van der Waals surface area contributed by atoms with Crippen LogP contribution in [0.25, 0.3) is 0 Å². The van der Waals surface area contributed by atoms with Gasteiger partial charge >= 0.3 is 5.97 Å². The van der Waals surface area contributed by atoms with Gasteiger partial charge in [0, 0.05) is 18.2 Å². The van der Waals surface area contributed by atoms with E-state index in [9.17, 15) is 9.90 Å². The Bertz CT molecular complexity index is 489. The van der Waals surface area contributed by atoms with Crippen LogP contribution >= 0.6 is 0 Å². The number of benzene rings is 1. The number of carboxylic acid groups (broad SMARTS) is 1. The Balaban J connectivity index is 2.17. The van der Waals surface area contributed by atoms with E-state index >= 15 is 0 Å². The van der Waals surface area contributed by atoms with E-state index in [1.807, 2.05) is 25.1 Å². The second-order valence-corrected chi connectivity index (χ2v) is 5.10. The minimum absolute atomic E-state index is 0.0309. The van der Waals surface area contributed by atoms with Crippen molar-refractivity contribution < 1.29 is 19.4 Å². The van der Waals surface area contributed by atoms with Crippen LogP contribution in [0.3, 0.4) is 0 Å². The van der Waals surface area contributed by atoms with Crippen molar-refractivity contribution in [2.45, 2.75) is 25.9 Å². The number of nitrogens with zero attached hydrogens (tertiary/aromatic N) is 1. The largest absolute Gasteiger partial charge is 0.493 e. The van der Waals surface area contributed by atoms with Crippen molar-refractivity contribution in [3.05, 3.63) is 23.8 Å². The number of carboxylic acids is 1. The number of hydrogen-bond acceptors (Lipinski definition) is 4. The molecule has 0 amide bonds. The van der Waals surface area contributed by atoms with Gasteiger partial charge < -0.3 is 14.6 Å². The molecule has 5 heteroatoms. The Morgan fingerprint density at radius 2 is 2.15 bits per heavy atom. The number of aliphatic carboxylic acids is 1. The average molecular weight is 279 g/mol. The van der Waals surface area contributed by atoms with E-state index in [1.54, 1.807) is 14.2 Å². The summed E-state index contributed by atoms with van der Waals surface area (Å²) in [5, 5.41) is 9.18. The Labute approximate surface area is 119 Å². The Morgan fingerprint density at radius 3 is 2.70 bits per heavy atom. The van der Waals surface area contributed by atoms with Crippen molar-refractivity contribution in [2.24, 2.45) is 5.92 Å². The van der Waals surface area contributed by atoms with Gasteiger partial charge in [0.1, 0.15) is 0 Å². The summed E-state index contributed by atoms with van der Waals surface area (Å²) >= 11 is 0. The van der Waals surface area contributed by atoms with E-state index in [2.05, 4.69) is 4.90 Å². The third-order valence-electron chi connectivity index (χ3n) is 4.06. The number of para-hydroxylation sites is 1. The van der Waals surface area contributed by atoms with Gasteiger partial charge in [-0.1, -0.05) is 12.1 Å². The predicted octanol–water partition coefficient (Wildman–Crippen LogP) is 2.00. The molecule has 1 aromatic carbocycles. The fourth-order valence-corrected chi connectivity index (χ4v) is 2.85. The van der Waals surface area contributed by atoms with Gasteiger partial charge in [0.15, 0.2) is 11.5 Å². The third kappa shape index (κ3) is 2.72. The van der Waals surface area contributed by atoms with Crippen LogP contribution in [-0.2, 0) is 11.3 Å². The molecule has 0 radical (unpaired) electrons. The molecule has 20 heavy (non-hydrogen) atoms. The Morgan fingerprint density at radius 1 is 1.40 bits per heavy atom.